The Morgan fingerprint density at radius 3 is 2.56 bits per heavy atom. The molecule has 0 radical (unpaired) electrons. The number of nitrogens with one attached hydrogen (secondary N) is 1. The van der Waals surface area contributed by atoms with Crippen LogP contribution >= 0.6 is 15.9 Å². The van der Waals surface area contributed by atoms with Gasteiger partial charge in [-0.1, -0.05) is 34.1 Å². The molecule has 0 saturated carbocycles. The first-order valence-electron chi connectivity index (χ1n) is 8.08. The molecule has 6 heteroatoms. The zero-order valence-corrected chi connectivity index (χ0v) is 15.7. The summed E-state index contributed by atoms with van der Waals surface area (Å²) in [5.41, 5.74) is 1.19. The predicted octanol–water partition coefficient (Wildman–Crippen LogP) is 4.21. The largest absolute Gasteiger partial charge is 0.390 e. The molecule has 5 nitrogen and oxygen atoms in total. The summed E-state index contributed by atoms with van der Waals surface area (Å²) in [6.45, 7) is 4.06. The number of rotatable bonds is 5. The number of aromatic nitrogens is 2. The number of nitrogens with zero attached hydrogens (tertiary/aromatic N) is 2. The van der Waals surface area contributed by atoms with Gasteiger partial charge < -0.3 is 10.4 Å². The Labute approximate surface area is 154 Å². The van der Waals surface area contributed by atoms with Gasteiger partial charge in [-0.15, -0.1) is 0 Å². The van der Waals surface area contributed by atoms with E-state index in [1.165, 1.54) is 0 Å². The summed E-state index contributed by atoms with van der Waals surface area (Å²) in [6.07, 6.45) is 0.548. The maximum absolute atomic E-state index is 12.7. The lowest BCUT2D eigenvalue weighted by Crippen LogP contribution is -2.21. The molecule has 2 N–H and O–H groups in total. The third-order valence-electron chi connectivity index (χ3n) is 3.91. The number of fused-ring (bicyclic) bond motifs is 1. The molecule has 25 heavy (non-hydrogen) atoms. The van der Waals surface area contributed by atoms with Gasteiger partial charge in [-0.3, -0.25) is 9.48 Å². The predicted molar refractivity (Wildman–Crippen MR) is 103 cm³/mol. The lowest BCUT2D eigenvalue weighted by Gasteiger charge is -2.16. The van der Waals surface area contributed by atoms with Crippen molar-refractivity contribution >= 4 is 38.4 Å². The second kappa shape index (κ2) is 6.98. The molecule has 0 spiro atoms. The van der Waals surface area contributed by atoms with E-state index in [1.54, 1.807) is 18.5 Å². The fourth-order valence-electron chi connectivity index (χ4n) is 2.57. The standard InChI is InChI=1S/C19H20BrN3O2/c1-19(2,25)11-12-23-16-6-4-3-5-15(16)17(22-23)18(24)21-14-9-7-13(20)8-10-14/h3-10,25H,11-12H2,1-2H3,(H,21,24). The average Bonchev–Trinajstić information content (AvgIpc) is 2.93. The maximum atomic E-state index is 12.7. The van der Waals surface area contributed by atoms with Gasteiger partial charge in [0.1, 0.15) is 0 Å². The van der Waals surface area contributed by atoms with Crippen LogP contribution in [-0.4, -0.2) is 26.4 Å². The molecule has 1 aromatic heterocycles. The highest BCUT2D eigenvalue weighted by molar-refractivity contribution is 9.10. The molecular formula is C19H20BrN3O2. The topological polar surface area (TPSA) is 67.1 Å². The summed E-state index contributed by atoms with van der Waals surface area (Å²) in [6, 6.07) is 15.0. The molecule has 130 valence electrons. The van der Waals surface area contributed by atoms with Crippen LogP contribution in [0.15, 0.2) is 53.0 Å². The number of aryl methyl sites for hydroxylation is 1. The molecule has 0 bridgehead atoms. The van der Waals surface area contributed by atoms with E-state index in [2.05, 4.69) is 26.3 Å². The smallest absolute Gasteiger partial charge is 0.276 e. The van der Waals surface area contributed by atoms with Crippen molar-refractivity contribution in [3.8, 4) is 0 Å². The number of anilines is 1. The minimum absolute atomic E-state index is 0.250. The molecule has 3 rings (SSSR count). The second-order valence-electron chi connectivity index (χ2n) is 6.61. The number of hydrogen-bond acceptors (Lipinski definition) is 3. The second-order valence-corrected chi connectivity index (χ2v) is 7.53. The number of halogens is 1. The summed E-state index contributed by atoms with van der Waals surface area (Å²) < 4.78 is 2.73. The van der Waals surface area contributed by atoms with Crippen LogP contribution in [0.3, 0.4) is 0 Å². The Morgan fingerprint density at radius 1 is 1.20 bits per heavy atom. The summed E-state index contributed by atoms with van der Waals surface area (Å²) in [4.78, 5) is 12.7. The Kier molecular flexibility index (Phi) is 4.92. The van der Waals surface area contributed by atoms with E-state index in [1.807, 2.05) is 48.5 Å². The van der Waals surface area contributed by atoms with Gasteiger partial charge in [0, 0.05) is 22.1 Å². The van der Waals surface area contributed by atoms with Gasteiger partial charge in [0.05, 0.1) is 11.1 Å². The number of carbonyl (C=O) groups excluding carboxylic acids is 1. The number of benzene rings is 2. The minimum Gasteiger partial charge on any atom is -0.390 e. The summed E-state index contributed by atoms with van der Waals surface area (Å²) in [7, 11) is 0. The molecular weight excluding hydrogens is 382 g/mol. The zero-order valence-electron chi connectivity index (χ0n) is 14.2. The van der Waals surface area contributed by atoms with Crippen molar-refractivity contribution in [3.05, 3.63) is 58.7 Å². The highest BCUT2D eigenvalue weighted by atomic mass is 79.9. The molecule has 1 amide bonds. The third kappa shape index (κ3) is 4.27. The van der Waals surface area contributed by atoms with Crippen LogP contribution in [0.25, 0.3) is 10.9 Å². The van der Waals surface area contributed by atoms with Gasteiger partial charge in [0.2, 0.25) is 0 Å². The van der Waals surface area contributed by atoms with Crippen molar-refractivity contribution in [1.29, 1.82) is 0 Å². The van der Waals surface area contributed by atoms with Crippen LogP contribution in [0.2, 0.25) is 0 Å². The molecule has 0 saturated heterocycles. The van der Waals surface area contributed by atoms with Crippen LogP contribution in [0.1, 0.15) is 30.8 Å². The van der Waals surface area contributed by atoms with Crippen LogP contribution in [0, 0.1) is 0 Å². The van der Waals surface area contributed by atoms with E-state index in [-0.39, 0.29) is 5.91 Å². The van der Waals surface area contributed by atoms with E-state index in [0.717, 1.165) is 15.4 Å². The number of para-hydroxylation sites is 1. The number of aliphatic hydroxyl groups is 1. The van der Waals surface area contributed by atoms with Crippen molar-refractivity contribution in [2.75, 3.05) is 5.32 Å². The highest BCUT2D eigenvalue weighted by Crippen LogP contribution is 2.22. The lowest BCUT2D eigenvalue weighted by molar-refractivity contribution is 0.0655. The van der Waals surface area contributed by atoms with Gasteiger partial charge >= 0.3 is 0 Å². The van der Waals surface area contributed by atoms with E-state index >= 15 is 0 Å². The van der Waals surface area contributed by atoms with E-state index < -0.39 is 5.60 Å². The van der Waals surface area contributed by atoms with E-state index in [0.29, 0.717) is 24.3 Å². The Morgan fingerprint density at radius 2 is 1.88 bits per heavy atom. The first kappa shape index (κ1) is 17.6. The first-order valence-corrected chi connectivity index (χ1v) is 8.88. The lowest BCUT2D eigenvalue weighted by atomic mass is 10.1. The van der Waals surface area contributed by atoms with E-state index in [4.69, 9.17) is 0 Å². The Bertz CT molecular complexity index is 895. The normalized spacial score (nSPS) is 11.7. The monoisotopic (exact) mass is 401 g/mol. The molecule has 1 heterocycles. The van der Waals surface area contributed by atoms with Crippen molar-refractivity contribution in [2.45, 2.75) is 32.4 Å². The summed E-state index contributed by atoms with van der Waals surface area (Å²) in [5.74, 6) is -0.250. The van der Waals surface area contributed by atoms with Gasteiger partial charge in [0.15, 0.2) is 5.69 Å². The molecule has 0 aliphatic heterocycles. The Balaban J connectivity index is 1.90. The summed E-state index contributed by atoms with van der Waals surface area (Å²) in [5, 5.41) is 18.1. The molecule has 3 aromatic rings. The third-order valence-corrected chi connectivity index (χ3v) is 4.44. The quantitative estimate of drug-likeness (QED) is 0.672. The first-order chi connectivity index (χ1) is 11.8. The SMILES string of the molecule is CC(C)(O)CCn1nc(C(=O)Nc2ccc(Br)cc2)c2ccccc21. The highest BCUT2D eigenvalue weighted by Gasteiger charge is 2.19. The van der Waals surface area contributed by atoms with Crippen molar-refractivity contribution < 1.29 is 9.90 Å². The molecule has 0 fully saturated rings. The van der Waals surface area contributed by atoms with Crippen LogP contribution in [-0.2, 0) is 6.54 Å². The Hall–Kier alpha value is -2.18. The van der Waals surface area contributed by atoms with Gasteiger partial charge in [0.25, 0.3) is 5.91 Å². The zero-order chi connectivity index (χ0) is 18.0. The number of carbonyl (C=O) groups is 1. The van der Waals surface area contributed by atoms with Gasteiger partial charge in [-0.05, 0) is 50.6 Å². The van der Waals surface area contributed by atoms with Crippen LogP contribution in [0.4, 0.5) is 5.69 Å². The fraction of sp³-hybridized carbons (Fsp3) is 0.263. The number of hydrogen-bond donors (Lipinski definition) is 2. The van der Waals surface area contributed by atoms with Crippen LogP contribution in [0.5, 0.6) is 0 Å². The minimum atomic E-state index is -0.785. The van der Waals surface area contributed by atoms with Gasteiger partial charge in [-0.25, -0.2) is 0 Å². The van der Waals surface area contributed by atoms with Crippen molar-refractivity contribution in [1.82, 2.24) is 9.78 Å². The number of amides is 1. The fourth-order valence-corrected chi connectivity index (χ4v) is 2.83. The molecule has 0 aliphatic rings. The van der Waals surface area contributed by atoms with Crippen molar-refractivity contribution in [2.24, 2.45) is 0 Å². The molecule has 2 aromatic carbocycles. The molecule has 0 unspecified atom stereocenters. The van der Waals surface area contributed by atoms with Gasteiger partial charge in [-0.2, -0.15) is 5.10 Å². The average molecular weight is 402 g/mol. The summed E-state index contributed by atoms with van der Waals surface area (Å²) >= 11 is 3.38. The molecule has 0 aliphatic carbocycles. The molecule has 0 atom stereocenters. The van der Waals surface area contributed by atoms with E-state index in [9.17, 15) is 9.90 Å². The van der Waals surface area contributed by atoms with Crippen LogP contribution < -0.4 is 5.32 Å². The van der Waals surface area contributed by atoms with Crippen molar-refractivity contribution in [3.63, 3.8) is 0 Å². The maximum Gasteiger partial charge on any atom is 0.276 e.